The Balaban J connectivity index is 1.53. The molecule has 3 atom stereocenters. The number of hydrogen-bond donors (Lipinski definition) is 3. The van der Waals surface area contributed by atoms with E-state index < -0.39 is 5.92 Å². The predicted octanol–water partition coefficient (Wildman–Crippen LogP) is 3.93. The molecule has 3 N–H and O–H groups in total. The van der Waals surface area contributed by atoms with Crippen molar-refractivity contribution in [3.63, 3.8) is 0 Å². The molecule has 1 fully saturated rings. The minimum absolute atomic E-state index is 0.0965. The SMILES string of the molecule is COc1cccc(CSC2NC(=O)C(CC(=O)Nc3cccc(Cl)c3C)C(C)N2)c1. The van der Waals surface area contributed by atoms with Crippen molar-refractivity contribution in [3.05, 3.63) is 58.6 Å². The van der Waals surface area contributed by atoms with Gasteiger partial charge < -0.3 is 15.4 Å². The Labute approximate surface area is 186 Å². The highest BCUT2D eigenvalue weighted by atomic mass is 35.5. The molecule has 1 heterocycles. The fraction of sp³-hybridized carbons (Fsp3) is 0.364. The smallest absolute Gasteiger partial charge is 0.227 e. The second kappa shape index (κ2) is 10.2. The van der Waals surface area contributed by atoms with Crippen LogP contribution in [0.15, 0.2) is 42.5 Å². The van der Waals surface area contributed by atoms with Crippen molar-refractivity contribution in [2.24, 2.45) is 5.92 Å². The van der Waals surface area contributed by atoms with E-state index in [9.17, 15) is 9.59 Å². The van der Waals surface area contributed by atoms with Crippen LogP contribution in [-0.2, 0) is 15.3 Å². The number of thioether (sulfide) groups is 1. The van der Waals surface area contributed by atoms with Crippen molar-refractivity contribution in [2.75, 3.05) is 12.4 Å². The molecular weight excluding hydrogens is 422 g/mol. The van der Waals surface area contributed by atoms with Crippen molar-refractivity contribution >= 4 is 40.9 Å². The largest absolute Gasteiger partial charge is 0.497 e. The van der Waals surface area contributed by atoms with Gasteiger partial charge in [0, 0.05) is 28.9 Å². The van der Waals surface area contributed by atoms with Crippen LogP contribution in [0.1, 0.15) is 24.5 Å². The topological polar surface area (TPSA) is 79.5 Å². The van der Waals surface area contributed by atoms with E-state index in [1.807, 2.05) is 38.1 Å². The molecule has 0 bridgehead atoms. The lowest BCUT2D eigenvalue weighted by Crippen LogP contribution is -2.59. The molecule has 1 aliphatic rings. The van der Waals surface area contributed by atoms with Gasteiger partial charge >= 0.3 is 0 Å². The minimum atomic E-state index is -0.446. The highest BCUT2D eigenvalue weighted by molar-refractivity contribution is 7.99. The summed E-state index contributed by atoms with van der Waals surface area (Å²) in [4.78, 5) is 25.2. The van der Waals surface area contributed by atoms with Gasteiger partial charge in [-0.25, -0.2) is 0 Å². The Bertz CT molecular complexity index is 924. The van der Waals surface area contributed by atoms with E-state index in [-0.39, 0.29) is 29.8 Å². The molecule has 6 nitrogen and oxygen atoms in total. The number of anilines is 1. The van der Waals surface area contributed by atoms with Crippen LogP contribution in [0.4, 0.5) is 5.69 Å². The van der Waals surface area contributed by atoms with Crippen molar-refractivity contribution in [1.82, 2.24) is 10.6 Å². The fourth-order valence-corrected chi connectivity index (χ4v) is 4.53. The number of ether oxygens (including phenoxy) is 1. The summed E-state index contributed by atoms with van der Waals surface area (Å²) >= 11 is 7.70. The number of carbonyl (C=O) groups is 2. The summed E-state index contributed by atoms with van der Waals surface area (Å²) in [6.07, 6.45) is 0.0965. The van der Waals surface area contributed by atoms with Crippen molar-refractivity contribution in [1.29, 1.82) is 0 Å². The van der Waals surface area contributed by atoms with Crippen LogP contribution in [0.2, 0.25) is 5.02 Å². The van der Waals surface area contributed by atoms with Gasteiger partial charge in [0.2, 0.25) is 11.8 Å². The van der Waals surface area contributed by atoms with Crippen LogP contribution in [0, 0.1) is 12.8 Å². The molecule has 0 radical (unpaired) electrons. The monoisotopic (exact) mass is 447 g/mol. The van der Waals surface area contributed by atoms with Gasteiger partial charge in [-0.2, -0.15) is 0 Å². The summed E-state index contributed by atoms with van der Waals surface area (Å²) in [6.45, 7) is 3.78. The molecule has 3 rings (SSSR count). The lowest BCUT2D eigenvalue weighted by atomic mass is 9.94. The molecule has 2 amide bonds. The molecule has 2 aromatic rings. The average molecular weight is 448 g/mol. The molecule has 0 spiro atoms. The minimum Gasteiger partial charge on any atom is -0.497 e. The van der Waals surface area contributed by atoms with E-state index >= 15 is 0 Å². The summed E-state index contributed by atoms with van der Waals surface area (Å²) in [6, 6.07) is 13.1. The number of halogens is 1. The van der Waals surface area contributed by atoms with E-state index in [0.29, 0.717) is 10.7 Å². The Morgan fingerprint density at radius 2 is 2.03 bits per heavy atom. The normalized spacial score (nSPS) is 21.1. The summed E-state index contributed by atoms with van der Waals surface area (Å²) in [5.74, 6) is 0.751. The quantitative estimate of drug-likeness (QED) is 0.599. The van der Waals surface area contributed by atoms with Gasteiger partial charge in [0.25, 0.3) is 0 Å². The van der Waals surface area contributed by atoms with Crippen LogP contribution >= 0.6 is 23.4 Å². The Hall–Kier alpha value is -2.22. The van der Waals surface area contributed by atoms with Crippen LogP contribution in [0.25, 0.3) is 0 Å². The van der Waals surface area contributed by atoms with Crippen molar-refractivity contribution in [3.8, 4) is 5.75 Å². The summed E-state index contributed by atoms with van der Waals surface area (Å²) < 4.78 is 5.25. The molecule has 3 unspecified atom stereocenters. The molecule has 0 aliphatic carbocycles. The maximum absolute atomic E-state index is 12.7. The van der Waals surface area contributed by atoms with Crippen LogP contribution in [0.5, 0.6) is 5.75 Å². The molecule has 2 aromatic carbocycles. The number of carbonyl (C=O) groups excluding carboxylic acids is 2. The summed E-state index contributed by atoms with van der Waals surface area (Å²) in [5, 5.41) is 9.80. The zero-order chi connectivity index (χ0) is 21.7. The van der Waals surface area contributed by atoms with Gasteiger partial charge in [0.15, 0.2) is 0 Å². The maximum atomic E-state index is 12.7. The Kier molecular flexibility index (Phi) is 7.64. The number of nitrogens with one attached hydrogen (secondary N) is 3. The summed E-state index contributed by atoms with van der Waals surface area (Å²) in [5.41, 5.74) is 2.37. The first-order valence-electron chi connectivity index (χ1n) is 9.73. The third kappa shape index (κ3) is 5.68. The number of rotatable bonds is 7. The fourth-order valence-electron chi connectivity index (χ4n) is 3.30. The maximum Gasteiger partial charge on any atom is 0.227 e. The zero-order valence-electron chi connectivity index (χ0n) is 17.2. The van der Waals surface area contributed by atoms with Gasteiger partial charge in [-0.05, 0) is 49.2 Å². The van der Waals surface area contributed by atoms with Crippen LogP contribution in [-0.4, -0.2) is 30.5 Å². The zero-order valence-corrected chi connectivity index (χ0v) is 18.8. The third-order valence-electron chi connectivity index (χ3n) is 5.13. The molecule has 0 aromatic heterocycles. The van der Waals surface area contributed by atoms with Crippen molar-refractivity contribution in [2.45, 2.75) is 37.6 Å². The number of amides is 2. The first-order chi connectivity index (χ1) is 14.4. The number of hydrogen-bond acceptors (Lipinski definition) is 5. The van der Waals surface area contributed by atoms with Gasteiger partial charge in [-0.15, -0.1) is 11.8 Å². The molecule has 1 aliphatic heterocycles. The lowest BCUT2D eigenvalue weighted by Gasteiger charge is -2.35. The first kappa shape index (κ1) is 22.5. The molecular formula is C22H26ClN3O3S. The Morgan fingerprint density at radius 1 is 1.27 bits per heavy atom. The van der Waals surface area contributed by atoms with Gasteiger partial charge in [-0.1, -0.05) is 29.8 Å². The number of benzene rings is 2. The molecule has 8 heteroatoms. The first-order valence-corrected chi connectivity index (χ1v) is 11.2. The van der Waals surface area contributed by atoms with Crippen molar-refractivity contribution < 1.29 is 14.3 Å². The molecule has 0 saturated carbocycles. The lowest BCUT2D eigenvalue weighted by molar-refractivity contribution is -0.131. The van der Waals surface area contributed by atoms with Crippen LogP contribution < -0.4 is 20.7 Å². The van der Waals surface area contributed by atoms with E-state index in [4.69, 9.17) is 16.3 Å². The van der Waals surface area contributed by atoms with Crippen LogP contribution in [0.3, 0.4) is 0 Å². The highest BCUT2D eigenvalue weighted by Crippen LogP contribution is 2.26. The predicted molar refractivity (Wildman–Crippen MR) is 122 cm³/mol. The molecule has 30 heavy (non-hydrogen) atoms. The van der Waals surface area contributed by atoms with E-state index in [0.717, 1.165) is 22.6 Å². The second-order valence-corrected chi connectivity index (χ2v) is 8.78. The standard InChI is InChI=1S/C22H26ClN3O3S/c1-13-18(23)8-5-9-19(13)25-20(27)11-17-14(2)24-22(26-21(17)28)30-12-15-6-4-7-16(10-15)29-3/h4-10,14,17,22,24H,11-12H2,1-3H3,(H,25,27)(H,26,28). The highest BCUT2D eigenvalue weighted by Gasteiger charge is 2.35. The molecule has 1 saturated heterocycles. The van der Waals surface area contributed by atoms with Gasteiger partial charge in [-0.3, -0.25) is 14.9 Å². The molecule has 160 valence electrons. The van der Waals surface area contributed by atoms with Gasteiger partial charge in [0.1, 0.15) is 11.2 Å². The number of methoxy groups -OCH3 is 1. The second-order valence-electron chi connectivity index (χ2n) is 7.28. The van der Waals surface area contributed by atoms with Gasteiger partial charge in [0.05, 0.1) is 13.0 Å². The van der Waals surface area contributed by atoms with E-state index in [1.165, 1.54) is 0 Å². The summed E-state index contributed by atoms with van der Waals surface area (Å²) in [7, 11) is 1.64. The van der Waals surface area contributed by atoms with E-state index in [2.05, 4.69) is 16.0 Å². The Morgan fingerprint density at radius 3 is 2.77 bits per heavy atom. The third-order valence-corrected chi connectivity index (χ3v) is 6.62. The van der Waals surface area contributed by atoms with E-state index in [1.54, 1.807) is 37.1 Å². The average Bonchev–Trinajstić information content (AvgIpc) is 2.72.